The number of nitrogens with zero attached hydrogens (tertiary/aromatic N) is 1. The van der Waals surface area contributed by atoms with E-state index in [2.05, 4.69) is 52.3 Å². The lowest BCUT2D eigenvalue weighted by molar-refractivity contribution is -0.150. The summed E-state index contributed by atoms with van der Waals surface area (Å²) in [6, 6.07) is -2.57. The van der Waals surface area contributed by atoms with E-state index in [1.54, 1.807) is 26.8 Å². The van der Waals surface area contributed by atoms with Gasteiger partial charge in [-0.2, -0.15) is 0 Å². The maximum Gasteiger partial charge on any atom is 0.408 e. The van der Waals surface area contributed by atoms with E-state index < -0.39 is 56.1 Å². The van der Waals surface area contributed by atoms with Crippen molar-refractivity contribution in [3.8, 4) is 0 Å². The van der Waals surface area contributed by atoms with Crippen LogP contribution in [0.5, 0.6) is 0 Å². The van der Waals surface area contributed by atoms with E-state index in [1.165, 1.54) is 11.0 Å². The number of rotatable bonds is 9. The Balaban J connectivity index is 3.30. The second-order valence-corrected chi connectivity index (χ2v) is 15.8. The number of carbonyl (C=O) groups is 3. The number of amides is 2. The smallest absolute Gasteiger partial charge is 0.408 e. The molecule has 0 spiro atoms. The standard InChI is InChI=1S/C24H42N2O6Si/c1-11-13-16(25-22(30)31-23(3,4)5)20(27)26-17(14-12-2)19(15-18(26)21(28)29)32-33(9,10)24(6,7)8/h11-12,16-19H,1-2,13-15H2,3-10H3,(H,25,30)(H,28,29)/t16-,17-,18-,19+/m0/s1. The first-order valence-corrected chi connectivity index (χ1v) is 14.3. The molecule has 33 heavy (non-hydrogen) atoms. The van der Waals surface area contributed by atoms with Crippen molar-refractivity contribution in [1.29, 1.82) is 0 Å². The third-order valence-electron chi connectivity index (χ3n) is 6.17. The predicted octanol–water partition coefficient (Wildman–Crippen LogP) is 4.48. The van der Waals surface area contributed by atoms with E-state index >= 15 is 0 Å². The minimum atomic E-state index is -2.24. The molecule has 1 aliphatic heterocycles. The highest BCUT2D eigenvalue weighted by Crippen LogP contribution is 2.41. The van der Waals surface area contributed by atoms with E-state index in [-0.39, 0.29) is 17.9 Å². The van der Waals surface area contributed by atoms with Crippen molar-refractivity contribution in [2.75, 3.05) is 0 Å². The molecular weight excluding hydrogens is 440 g/mol. The molecule has 2 N–H and O–H groups in total. The lowest BCUT2D eigenvalue weighted by Gasteiger charge is -2.40. The van der Waals surface area contributed by atoms with Crippen LogP contribution in [-0.2, 0) is 18.8 Å². The number of likely N-dealkylation sites (tertiary alicyclic amines) is 1. The van der Waals surface area contributed by atoms with Crippen LogP contribution in [0.25, 0.3) is 0 Å². The van der Waals surface area contributed by atoms with Crippen molar-refractivity contribution in [2.24, 2.45) is 0 Å². The Morgan fingerprint density at radius 2 is 1.73 bits per heavy atom. The largest absolute Gasteiger partial charge is 0.480 e. The molecule has 9 heteroatoms. The molecule has 1 aliphatic rings. The van der Waals surface area contributed by atoms with Gasteiger partial charge in [0.05, 0.1) is 12.1 Å². The molecule has 0 saturated carbocycles. The van der Waals surface area contributed by atoms with Gasteiger partial charge in [0.1, 0.15) is 17.7 Å². The number of carbonyl (C=O) groups excluding carboxylic acids is 2. The van der Waals surface area contributed by atoms with Gasteiger partial charge in [-0.1, -0.05) is 32.9 Å². The van der Waals surface area contributed by atoms with Crippen molar-refractivity contribution in [2.45, 2.75) is 109 Å². The maximum absolute atomic E-state index is 13.6. The molecule has 0 aliphatic carbocycles. The van der Waals surface area contributed by atoms with Crippen molar-refractivity contribution >= 4 is 26.3 Å². The minimum absolute atomic E-state index is 0.0779. The second-order valence-electron chi connectivity index (χ2n) is 11.1. The number of carboxylic acid groups (broad SMARTS) is 1. The highest BCUT2D eigenvalue weighted by atomic mass is 28.4. The average molecular weight is 483 g/mol. The number of aliphatic carboxylic acids is 1. The number of hydrogen-bond acceptors (Lipinski definition) is 5. The van der Waals surface area contributed by atoms with Crippen molar-refractivity contribution in [3.63, 3.8) is 0 Å². The molecule has 0 aromatic heterocycles. The number of ether oxygens (including phenoxy) is 1. The Morgan fingerprint density at radius 3 is 2.15 bits per heavy atom. The lowest BCUT2D eigenvalue weighted by atomic mass is 10.1. The van der Waals surface area contributed by atoms with Gasteiger partial charge in [0.15, 0.2) is 8.32 Å². The molecule has 2 amide bonds. The molecule has 0 bridgehead atoms. The summed E-state index contributed by atoms with van der Waals surface area (Å²) in [5.41, 5.74) is -0.740. The molecular formula is C24H42N2O6Si. The molecule has 188 valence electrons. The maximum atomic E-state index is 13.6. The van der Waals surface area contributed by atoms with Crippen LogP contribution in [0.1, 0.15) is 60.8 Å². The van der Waals surface area contributed by atoms with Crippen LogP contribution in [0, 0.1) is 0 Å². The number of alkyl carbamates (subject to hydrolysis) is 1. The van der Waals surface area contributed by atoms with Crippen LogP contribution < -0.4 is 5.32 Å². The van der Waals surface area contributed by atoms with Gasteiger partial charge in [-0.3, -0.25) is 4.79 Å². The summed E-state index contributed by atoms with van der Waals surface area (Å²) in [4.78, 5) is 39.5. The zero-order valence-corrected chi connectivity index (χ0v) is 22.4. The summed E-state index contributed by atoms with van der Waals surface area (Å²) in [5, 5.41) is 12.5. The third-order valence-corrected chi connectivity index (χ3v) is 10.7. The zero-order chi connectivity index (χ0) is 25.8. The minimum Gasteiger partial charge on any atom is -0.480 e. The van der Waals surface area contributed by atoms with E-state index in [1.807, 2.05) is 0 Å². The fourth-order valence-corrected chi connectivity index (χ4v) is 4.94. The van der Waals surface area contributed by atoms with Gasteiger partial charge in [0.2, 0.25) is 5.91 Å². The Bertz CT molecular complexity index is 753. The highest BCUT2D eigenvalue weighted by molar-refractivity contribution is 6.74. The summed E-state index contributed by atoms with van der Waals surface area (Å²) in [6.07, 6.45) is 2.68. The van der Waals surface area contributed by atoms with Crippen LogP contribution >= 0.6 is 0 Å². The van der Waals surface area contributed by atoms with Gasteiger partial charge in [0.25, 0.3) is 0 Å². The Labute approximate surface area is 199 Å². The fraction of sp³-hybridized carbons (Fsp3) is 0.708. The van der Waals surface area contributed by atoms with E-state index in [0.29, 0.717) is 6.42 Å². The summed E-state index contributed by atoms with van der Waals surface area (Å²) < 4.78 is 11.9. The van der Waals surface area contributed by atoms with Gasteiger partial charge in [-0.05, 0) is 51.7 Å². The van der Waals surface area contributed by atoms with Crippen LogP contribution in [-0.4, -0.2) is 66.1 Å². The normalized spacial score (nSPS) is 22.4. The van der Waals surface area contributed by atoms with Crippen LogP contribution in [0.3, 0.4) is 0 Å². The summed E-state index contributed by atoms with van der Waals surface area (Å²) in [7, 11) is -2.24. The zero-order valence-electron chi connectivity index (χ0n) is 21.4. The van der Waals surface area contributed by atoms with Crippen LogP contribution in [0.4, 0.5) is 4.79 Å². The average Bonchev–Trinajstić information content (AvgIpc) is 2.96. The Kier molecular flexibility index (Phi) is 9.51. The first-order chi connectivity index (χ1) is 14.9. The van der Waals surface area contributed by atoms with Crippen molar-refractivity contribution < 1.29 is 28.7 Å². The number of carboxylic acids is 1. The fourth-order valence-electron chi connectivity index (χ4n) is 3.57. The van der Waals surface area contributed by atoms with Gasteiger partial charge in [-0.15, -0.1) is 13.2 Å². The van der Waals surface area contributed by atoms with Gasteiger partial charge < -0.3 is 24.5 Å². The Hall–Kier alpha value is -2.13. The van der Waals surface area contributed by atoms with E-state index in [9.17, 15) is 19.5 Å². The molecule has 8 nitrogen and oxygen atoms in total. The summed E-state index contributed by atoms with van der Waals surface area (Å²) >= 11 is 0. The molecule has 0 radical (unpaired) electrons. The van der Waals surface area contributed by atoms with Gasteiger partial charge in [0, 0.05) is 6.42 Å². The van der Waals surface area contributed by atoms with E-state index in [0.717, 1.165) is 0 Å². The topological polar surface area (TPSA) is 105 Å². The molecule has 1 heterocycles. The third kappa shape index (κ3) is 7.70. The highest BCUT2D eigenvalue weighted by Gasteiger charge is 2.51. The SMILES string of the molecule is C=CC[C@H](NC(=O)OC(C)(C)C)C(=O)N1[C@H](C(=O)O)C[C@@H](O[Si](C)(C)C(C)(C)C)[C@@H]1CC=C. The summed E-state index contributed by atoms with van der Waals surface area (Å²) in [5.74, 6) is -1.60. The second kappa shape index (κ2) is 10.9. The molecule has 1 saturated heterocycles. The monoisotopic (exact) mass is 482 g/mol. The van der Waals surface area contributed by atoms with Gasteiger partial charge >= 0.3 is 12.1 Å². The molecule has 0 unspecified atom stereocenters. The molecule has 1 fully saturated rings. The van der Waals surface area contributed by atoms with E-state index in [4.69, 9.17) is 9.16 Å². The number of hydrogen-bond donors (Lipinski definition) is 2. The van der Waals surface area contributed by atoms with Gasteiger partial charge in [-0.25, -0.2) is 9.59 Å². The molecule has 4 atom stereocenters. The lowest BCUT2D eigenvalue weighted by Crippen LogP contribution is -2.55. The first-order valence-electron chi connectivity index (χ1n) is 11.4. The van der Waals surface area contributed by atoms with Crippen LogP contribution in [0.15, 0.2) is 25.3 Å². The number of nitrogens with one attached hydrogen (secondary N) is 1. The first kappa shape index (κ1) is 28.9. The molecule has 1 rings (SSSR count). The quantitative estimate of drug-likeness (QED) is 0.371. The molecule has 0 aromatic rings. The van der Waals surface area contributed by atoms with Crippen molar-refractivity contribution in [3.05, 3.63) is 25.3 Å². The summed E-state index contributed by atoms with van der Waals surface area (Å²) in [6.45, 7) is 23.2. The molecule has 0 aromatic carbocycles. The Morgan fingerprint density at radius 1 is 1.15 bits per heavy atom. The van der Waals surface area contributed by atoms with Crippen LogP contribution in [0.2, 0.25) is 18.1 Å². The predicted molar refractivity (Wildman–Crippen MR) is 132 cm³/mol. The van der Waals surface area contributed by atoms with Crippen molar-refractivity contribution in [1.82, 2.24) is 10.2 Å².